The summed E-state index contributed by atoms with van der Waals surface area (Å²) in [5.74, 6) is 0.895. The van der Waals surface area contributed by atoms with Crippen molar-refractivity contribution in [3.05, 3.63) is 42.2 Å². The lowest BCUT2D eigenvalue weighted by Gasteiger charge is -2.23. The summed E-state index contributed by atoms with van der Waals surface area (Å²) in [5.41, 5.74) is 1.07. The van der Waals surface area contributed by atoms with E-state index in [1.54, 1.807) is 13.2 Å². The summed E-state index contributed by atoms with van der Waals surface area (Å²) in [6.45, 7) is 1.82. The van der Waals surface area contributed by atoms with Crippen molar-refractivity contribution in [2.24, 2.45) is 7.05 Å². The summed E-state index contributed by atoms with van der Waals surface area (Å²) in [7, 11) is 3.69. The highest BCUT2D eigenvalue weighted by atomic mass is 32.1. The number of nitrogens with one attached hydrogen (secondary N) is 1. The number of nitrogens with zero attached hydrogens (tertiary/aromatic N) is 3. The minimum Gasteiger partial charge on any atom is -0.381 e. The summed E-state index contributed by atoms with van der Waals surface area (Å²) < 4.78 is 1.96. The molecule has 0 spiro atoms. The predicted molar refractivity (Wildman–Crippen MR) is 83.3 cm³/mol. The number of hydrogen-bond acceptors (Lipinski definition) is 3. The first kappa shape index (κ1) is 14.2. The molecule has 0 fully saturated rings. The molecule has 1 aromatic carbocycles. The van der Waals surface area contributed by atoms with E-state index >= 15 is 0 Å². The molecule has 2 aromatic rings. The van der Waals surface area contributed by atoms with Crippen molar-refractivity contribution >= 4 is 17.2 Å². The maximum Gasteiger partial charge on any atom is 0.139 e. The van der Waals surface area contributed by atoms with Gasteiger partial charge < -0.3 is 9.88 Å². The van der Waals surface area contributed by atoms with Crippen LogP contribution in [0.15, 0.2) is 36.7 Å². The summed E-state index contributed by atoms with van der Waals surface area (Å²) >= 11 is 5.25. The number of aryl methyl sites for hydroxylation is 1. The van der Waals surface area contributed by atoms with E-state index in [1.165, 1.54) is 0 Å². The number of hydrogen-bond donors (Lipinski definition) is 1. The average molecular weight is 284 g/mol. The van der Waals surface area contributed by atoms with Gasteiger partial charge >= 0.3 is 0 Å². The second kappa shape index (κ2) is 5.43. The Morgan fingerprint density at radius 3 is 2.50 bits per heavy atom. The Balaban J connectivity index is 2.40. The zero-order valence-electron chi connectivity index (χ0n) is 11.7. The standard InChI is InChI=1S/C15H16N4S/c1-15(10-16,14(20)17-2)12-6-4-11(5-7-12)13-18-8-9-19(13)3/h4-9H,1-3H3,(H,17,20). The fourth-order valence-electron chi connectivity index (χ4n) is 2.09. The van der Waals surface area contributed by atoms with E-state index in [-0.39, 0.29) is 0 Å². The first-order valence-electron chi connectivity index (χ1n) is 6.24. The quantitative estimate of drug-likeness (QED) is 0.879. The molecular weight excluding hydrogens is 268 g/mol. The van der Waals surface area contributed by atoms with E-state index in [4.69, 9.17) is 12.2 Å². The maximum absolute atomic E-state index is 9.44. The van der Waals surface area contributed by atoms with Crippen molar-refractivity contribution < 1.29 is 0 Å². The molecule has 1 unspecified atom stereocenters. The number of aromatic nitrogens is 2. The van der Waals surface area contributed by atoms with Crippen LogP contribution in [-0.4, -0.2) is 21.6 Å². The van der Waals surface area contributed by atoms with E-state index in [9.17, 15) is 5.26 Å². The minimum atomic E-state index is -0.815. The highest BCUT2D eigenvalue weighted by molar-refractivity contribution is 7.80. The number of nitriles is 1. The molecule has 4 nitrogen and oxygen atoms in total. The van der Waals surface area contributed by atoms with Gasteiger partial charge in [-0.1, -0.05) is 36.5 Å². The Morgan fingerprint density at radius 1 is 1.40 bits per heavy atom. The first-order chi connectivity index (χ1) is 9.52. The summed E-state index contributed by atoms with van der Waals surface area (Å²) in [5, 5.41) is 12.3. The molecule has 0 saturated heterocycles. The minimum absolute atomic E-state index is 0.518. The Bertz CT molecular complexity index is 666. The monoisotopic (exact) mass is 284 g/mol. The molecule has 0 saturated carbocycles. The van der Waals surface area contributed by atoms with E-state index in [0.717, 1.165) is 17.0 Å². The molecular formula is C15H16N4S. The Hall–Kier alpha value is -2.19. The van der Waals surface area contributed by atoms with Crippen LogP contribution in [0.1, 0.15) is 12.5 Å². The highest BCUT2D eigenvalue weighted by Crippen LogP contribution is 2.26. The van der Waals surface area contributed by atoms with Gasteiger partial charge in [0.05, 0.1) is 11.1 Å². The third-order valence-corrected chi connectivity index (χ3v) is 4.06. The van der Waals surface area contributed by atoms with Crippen LogP contribution >= 0.6 is 12.2 Å². The van der Waals surface area contributed by atoms with Crippen LogP contribution in [-0.2, 0) is 12.5 Å². The lowest BCUT2D eigenvalue weighted by molar-refractivity contribution is 0.806. The fourth-order valence-corrected chi connectivity index (χ4v) is 2.26. The van der Waals surface area contributed by atoms with Gasteiger partial charge in [-0.3, -0.25) is 0 Å². The van der Waals surface area contributed by atoms with Crippen LogP contribution in [0.2, 0.25) is 0 Å². The summed E-state index contributed by atoms with van der Waals surface area (Å²) in [4.78, 5) is 4.83. The molecule has 0 aliphatic heterocycles. The van der Waals surface area contributed by atoms with Crippen molar-refractivity contribution in [1.82, 2.24) is 14.9 Å². The molecule has 0 amide bonds. The van der Waals surface area contributed by atoms with E-state index < -0.39 is 5.41 Å². The van der Waals surface area contributed by atoms with E-state index in [1.807, 2.05) is 49.0 Å². The molecule has 1 N–H and O–H groups in total. The Kier molecular flexibility index (Phi) is 3.86. The van der Waals surface area contributed by atoms with Crippen molar-refractivity contribution in [3.63, 3.8) is 0 Å². The maximum atomic E-state index is 9.44. The van der Waals surface area contributed by atoms with Crippen LogP contribution in [0.25, 0.3) is 11.4 Å². The second-order valence-electron chi connectivity index (χ2n) is 4.76. The topological polar surface area (TPSA) is 53.6 Å². The van der Waals surface area contributed by atoms with Gasteiger partial charge in [0.15, 0.2) is 0 Å². The fraction of sp³-hybridized carbons (Fsp3) is 0.267. The molecule has 2 rings (SSSR count). The Morgan fingerprint density at radius 2 is 2.05 bits per heavy atom. The number of imidazole rings is 1. The molecule has 0 aliphatic carbocycles. The summed E-state index contributed by atoms with van der Waals surface area (Å²) in [6, 6.07) is 10.1. The summed E-state index contributed by atoms with van der Waals surface area (Å²) in [6.07, 6.45) is 3.66. The molecule has 102 valence electrons. The molecule has 1 atom stereocenters. The third kappa shape index (κ3) is 2.30. The molecule has 5 heteroatoms. The number of likely N-dealkylation sites (N-methyl/N-ethyl adjacent to an activating group) is 1. The van der Waals surface area contributed by atoms with Gasteiger partial charge in [-0.2, -0.15) is 5.26 Å². The van der Waals surface area contributed by atoms with Crippen LogP contribution < -0.4 is 5.32 Å². The largest absolute Gasteiger partial charge is 0.381 e. The third-order valence-electron chi connectivity index (χ3n) is 3.45. The van der Waals surface area contributed by atoms with Crippen molar-refractivity contribution in [1.29, 1.82) is 5.26 Å². The zero-order chi connectivity index (χ0) is 14.8. The highest BCUT2D eigenvalue weighted by Gasteiger charge is 2.31. The lowest BCUT2D eigenvalue weighted by Crippen LogP contribution is -2.37. The van der Waals surface area contributed by atoms with Gasteiger partial charge in [0.2, 0.25) is 0 Å². The number of rotatable bonds is 3. The molecule has 0 aliphatic rings. The van der Waals surface area contributed by atoms with Gasteiger partial charge in [-0.05, 0) is 12.5 Å². The number of thiocarbonyl (C=S) groups is 1. The lowest BCUT2D eigenvalue weighted by atomic mass is 9.83. The van der Waals surface area contributed by atoms with Gasteiger partial charge in [-0.25, -0.2) is 4.98 Å². The SMILES string of the molecule is CNC(=S)C(C)(C#N)c1ccc(-c2nccn2C)cc1. The average Bonchev–Trinajstić information content (AvgIpc) is 2.91. The zero-order valence-corrected chi connectivity index (χ0v) is 12.5. The predicted octanol–water partition coefficient (Wildman–Crippen LogP) is 2.42. The molecule has 1 heterocycles. The van der Waals surface area contributed by atoms with Gasteiger partial charge in [0, 0.05) is 32.1 Å². The van der Waals surface area contributed by atoms with Crippen LogP contribution in [0.5, 0.6) is 0 Å². The molecule has 0 bridgehead atoms. The first-order valence-corrected chi connectivity index (χ1v) is 6.65. The Labute approximate surface area is 124 Å². The van der Waals surface area contributed by atoms with E-state index in [0.29, 0.717) is 4.99 Å². The molecule has 20 heavy (non-hydrogen) atoms. The van der Waals surface area contributed by atoms with Crippen LogP contribution in [0.3, 0.4) is 0 Å². The van der Waals surface area contributed by atoms with Gasteiger partial charge in [0.25, 0.3) is 0 Å². The van der Waals surface area contributed by atoms with Gasteiger partial charge in [-0.15, -0.1) is 0 Å². The smallest absolute Gasteiger partial charge is 0.139 e. The van der Waals surface area contributed by atoms with Crippen LogP contribution in [0, 0.1) is 11.3 Å². The second-order valence-corrected chi connectivity index (χ2v) is 5.16. The van der Waals surface area contributed by atoms with E-state index in [2.05, 4.69) is 16.4 Å². The molecule has 1 aromatic heterocycles. The van der Waals surface area contributed by atoms with Gasteiger partial charge in [0.1, 0.15) is 11.2 Å². The molecule has 0 radical (unpaired) electrons. The van der Waals surface area contributed by atoms with Crippen molar-refractivity contribution in [2.75, 3.05) is 7.05 Å². The van der Waals surface area contributed by atoms with Crippen molar-refractivity contribution in [3.8, 4) is 17.5 Å². The van der Waals surface area contributed by atoms with Crippen LogP contribution in [0.4, 0.5) is 0 Å². The number of benzene rings is 1. The normalized spacial score (nSPS) is 13.3. The van der Waals surface area contributed by atoms with Crippen molar-refractivity contribution in [2.45, 2.75) is 12.3 Å².